The number of ether oxygens (including phenoxy) is 1. The second-order valence-corrected chi connectivity index (χ2v) is 3.88. The minimum absolute atomic E-state index is 0.183. The summed E-state index contributed by atoms with van der Waals surface area (Å²) in [5, 5.41) is 12.8. The van der Waals surface area contributed by atoms with E-state index in [1.807, 2.05) is 6.92 Å². The van der Waals surface area contributed by atoms with E-state index in [4.69, 9.17) is 4.74 Å². The lowest BCUT2D eigenvalue weighted by molar-refractivity contribution is -0.164. The highest BCUT2D eigenvalue weighted by Crippen LogP contribution is 2.17. The molecule has 3 nitrogen and oxygen atoms in total. The predicted molar refractivity (Wildman–Crippen MR) is 52.5 cm³/mol. The fourth-order valence-electron chi connectivity index (χ4n) is 1.77. The van der Waals surface area contributed by atoms with Crippen molar-refractivity contribution in [1.82, 2.24) is 5.32 Å². The number of hydrogen-bond acceptors (Lipinski definition) is 3. The molecule has 0 aromatic rings. The molecule has 0 bridgehead atoms. The molecule has 1 aliphatic rings. The summed E-state index contributed by atoms with van der Waals surface area (Å²) in [6, 6.07) is 0.435. The maximum absolute atomic E-state index is 9.34. The molecule has 1 rings (SSSR count). The third kappa shape index (κ3) is 4.07. The van der Waals surface area contributed by atoms with Crippen molar-refractivity contribution in [2.75, 3.05) is 6.54 Å². The Kier molecular flexibility index (Phi) is 4.70. The molecule has 0 amide bonds. The standard InChI is InChI=1S/C10H21NO2/c1-3-4-5-11-9-6-8(2)13-10(12)7-9/h8-12H,3-7H2,1-2H3. The Morgan fingerprint density at radius 2 is 2.23 bits per heavy atom. The van der Waals surface area contributed by atoms with E-state index in [1.165, 1.54) is 12.8 Å². The number of hydrogen-bond donors (Lipinski definition) is 2. The zero-order valence-electron chi connectivity index (χ0n) is 8.62. The van der Waals surface area contributed by atoms with Gasteiger partial charge in [-0.05, 0) is 26.3 Å². The van der Waals surface area contributed by atoms with Crippen molar-refractivity contribution in [2.45, 2.75) is 58.0 Å². The smallest absolute Gasteiger partial charge is 0.156 e. The highest BCUT2D eigenvalue weighted by Gasteiger charge is 2.24. The van der Waals surface area contributed by atoms with Crippen LogP contribution in [0.1, 0.15) is 39.5 Å². The van der Waals surface area contributed by atoms with Crippen molar-refractivity contribution in [3.05, 3.63) is 0 Å². The Morgan fingerprint density at radius 3 is 2.85 bits per heavy atom. The van der Waals surface area contributed by atoms with Crippen LogP contribution in [0, 0.1) is 0 Å². The zero-order valence-corrected chi connectivity index (χ0v) is 8.62. The van der Waals surface area contributed by atoms with Crippen molar-refractivity contribution in [2.24, 2.45) is 0 Å². The van der Waals surface area contributed by atoms with E-state index in [-0.39, 0.29) is 6.10 Å². The molecule has 1 fully saturated rings. The van der Waals surface area contributed by atoms with Gasteiger partial charge in [-0.2, -0.15) is 0 Å². The maximum Gasteiger partial charge on any atom is 0.156 e. The zero-order chi connectivity index (χ0) is 9.68. The predicted octanol–water partition coefficient (Wildman–Crippen LogP) is 1.26. The average Bonchev–Trinajstić information content (AvgIpc) is 2.03. The monoisotopic (exact) mass is 187 g/mol. The van der Waals surface area contributed by atoms with E-state index < -0.39 is 6.29 Å². The fraction of sp³-hybridized carbons (Fsp3) is 1.00. The van der Waals surface area contributed by atoms with Gasteiger partial charge in [-0.25, -0.2) is 0 Å². The average molecular weight is 187 g/mol. The van der Waals surface area contributed by atoms with E-state index in [2.05, 4.69) is 12.2 Å². The van der Waals surface area contributed by atoms with Crippen LogP contribution in [0.15, 0.2) is 0 Å². The molecule has 0 aromatic carbocycles. The van der Waals surface area contributed by atoms with Gasteiger partial charge in [-0.15, -0.1) is 0 Å². The number of unbranched alkanes of at least 4 members (excludes halogenated alkanes) is 1. The van der Waals surface area contributed by atoms with Gasteiger partial charge < -0.3 is 15.2 Å². The molecule has 13 heavy (non-hydrogen) atoms. The Hall–Kier alpha value is -0.120. The summed E-state index contributed by atoms with van der Waals surface area (Å²) in [5.41, 5.74) is 0. The van der Waals surface area contributed by atoms with Crippen LogP contribution < -0.4 is 5.32 Å². The first-order chi connectivity index (χ1) is 6.22. The molecule has 0 spiro atoms. The molecular formula is C10H21NO2. The Balaban J connectivity index is 2.17. The quantitative estimate of drug-likeness (QED) is 0.651. The topological polar surface area (TPSA) is 41.5 Å². The van der Waals surface area contributed by atoms with Gasteiger partial charge in [-0.3, -0.25) is 0 Å². The molecule has 3 atom stereocenters. The molecule has 1 aliphatic heterocycles. The van der Waals surface area contributed by atoms with Crippen molar-refractivity contribution in [3.63, 3.8) is 0 Å². The van der Waals surface area contributed by atoms with Crippen molar-refractivity contribution < 1.29 is 9.84 Å². The van der Waals surface area contributed by atoms with Crippen LogP contribution >= 0.6 is 0 Å². The Morgan fingerprint density at radius 1 is 1.46 bits per heavy atom. The third-order valence-corrected chi connectivity index (χ3v) is 2.46. The summed E-state index contributed by atoms with van der Waals surface area (Å²) in [4.78, 5) is 0. The number of nitrogens with one attached hydrogen (secondary N) is 1. The lowest BCUT2D eigenvalue weighted by Gasteiger charge is -2.31. The van der Waals surface area contributed by atoms with E-state index >= 15 is 0 Å². The fourth-order valence-corrected chi connectivity index (χ4v) is 1.77. The maximum atomic E-state index is 9.34. The normalized spacial score (nSPS) is 34.8. The number of rotatable bonds is 4. The highest BCUT2D eigenvalue weighted by atomic mass is 16.6. The largest absolute Gasteiger partial charge is 0.368 e. The first-order valence-electron chi connectivity index (χ1n) is 5.29. The summed E-state index contributed by atoms with van der Waals surface area (Å²) in [7, 11) is 0. The molecule has 2 N–H and O–H groups in total. The summed E-state index contributed by atoms with van der Waals surface area (Å²) >= 11 is 0. The van der Waals surface area contributed by atoms with E-state index in [1.54, 1.807) is 0 Å². The molecule has 0 radical (unpaired) electrons. The molecule has 0 saturated carbocycles. The van der Waals surface area contributed by atoms with Gasteiger partial charge in [0.15, 0.2) is 6.29 Å². The minimum atomic E-state index is -0.567. The summed E-state index contributed by atoms with van der Waals surface area (Å²) in [6.45, 7) is 5.25. The van der Waals surface area contributed by atoms with E-state index in [9.17, 15) is 5.11 Å². The molecule has 0 aliphatic carbocycles. The van der Waals surface area contributed by atoms with Crippen LogP contribution in [0.5, 0.6) is 0 Å². The Labute approximate surface area is 80.5 Å². The van der Waals surface area contributed by atoms with Gasteiger partial charge in [0.1, 0.15) is 0 Å². The van der Waals surface area contributed by atoms with Crippen LogP contribution in [0.25, 0.3) is 0 Å². The molecule has 78 valence electrons. The van der Waals surface area contributed by atoms with Crippen molar-refractivity contribution in [3.8, 4) is 0 Å². The van der Waals surface area contributed by atoms with Crippen LogP contribution in [0.4, 0.5) is 0 Å². The van der Waals surface area contributed by atoms with Gasteiger partial charge in [0.2, 0.25) is 0 Å². The van der Waals surface area contributed by atoms with Crippen LogP contribution in [-0.2, 0) is 4.74 Å². The molecule has 1 heterocycles. The first-order valence-corrected chi connectivity index (χ1v) is 5.29. The van der Waals surface area contributed by atoms with Crippen LogP contribution in [-0.4, -0.2) is 30.1 Å². The van der Waals surface area contributed by atoms with Gasteiger partial charge in [-0.1, -0.05) is 13.3 Å². The summed E-state index contributed by atoms with van der Waals surface area (Å²) in [6.07, 6.45) is 3.79. The molecule has 3 unspecified atom stereocenters. The molecule has 3 heteroatoms. The SMILES string of the molecule is CCCCNC1CC(C)OC(O)C1. The van der Waals surface area contributed by atoms with E-state index in [0.717, 1.165) is 19.4 Å². The second kappa shape index (κ2) is 5.58. The van der Waals surface area contributed by atoms with Gasteiger partial charge in [0.25, 0.3) is 0 Å². The van der Waals surface area contributed by atoms with Crippen molar-refractivity contribution in [1.29, 1.82) is 0 Å². The van der Waals surface area contributed by atoms with E-state index in [0.29, 0.717) is 6.04 Å². The number of aliphatic hydroxyl groups is 1. The molecular weight excluding hydrogens is 166 g/mol. The molecule has 0 aromatic heterocycles. The van der Waals surface area contributed by atoms with Gasteiger partial charge in [0, 0.05) is 12.5 Å². The van der Waals surface area contributed by atoms with Gasteiger partial charge in [0.05, 0.1) is 6.10 Å². The first kappa shape index (κ1) is 11.0. The van der Waals surface area contributed by atoms with Crippen molar-refractivity contribution >= 4 is 0 Å². The summed E-state index contributed by atoms with van der Waals surface area (Å²) < 4.78 is 5.24. The Bertz CT molecular complexity index is 131. The van der Waals surface area contributed by atoms with Gasteiger partial charge >= 0.3 is 0 Å². The number of aliphatic hydroxyl groups excluding tert-OH is 1. The second-order valence-electron chi connectivity index (χ2n) is 3.88. The molecule has 1 saturated heterocycles. The highest BCUT2D eigenvalue weighted by molar-refractivity contribution is 4.76. The third-order valence-electron chi connectivity index (χ3n) is 2.46. The minimum Gasteiger partial charge on any atom is -0.368 e. The lowest BCUT2D eigenvalue weighted by Crippen LogP contribution is -2.42. The summed E-state index contributed by atoms with van der Waals surface area (Å²) in [5.74, 6) is 0. The lowest BCUT2D eigenvalue weighted by atomic mass is 10.0. The van der Waals surface area contributed by atoms with Crippen LogP contribution in [0.2, 0.25) is 0 Å². The van der Waals surface area contributed by atoms with Crippen LogP contribution in [0.3, 0.4) is 0 Å².